The SMILES string of the molecule is CCC(=O)C(C)C[C@H](C)[C@@H](O)CC. The van der Waals surface area contributed by atoms with E-state index in [-0.39, 0.29) is 17.9 Å². The molecule has 0 fully saturated rings. The van der Waals surface area contributed by atoms with Crippen LogP contribution < -0.4 is 0 Å². The summed E-state index contributed by atoms with van der Waals surface area (Å²) in [5.74, 6) is 0.631. The zero-order valence-electron chi connectivity index (χ0n) is 9.21. The molecule has 0 saturated heterocycles. The van der Waals surface area contributed by atoms with Gasteiger partial charge in [0.25, 0.3) is 0 Å². The summed E-state index contributed by atoms with van der Waals surface area (Å²) in [5, 5.41) is 9.52. The Morgan fingerprint density at radius 3 is 2.23 bits per heavy atom. The molecule has 1 N–H and O–H groups in total. The molecular formula is C11H22O2. The van der Waals surface area contributed by atoms with E-state index in [0.29, 0.717) is 12.2 Å². The molecule has 1 unspecified atom stereocenters. The van der Waals surface area contributed by atoms with Gasteiger partial charge in [-0.25, -0.2) is 0 Å². The van der Waals surface area contributed by atoms with E-state index in [2.05, 4.69) is 0 Å². The highest BCUT2D eigenvalue weighted by Crippen LogP contribution is 2.18. The van der Waals surface area contributed by atoms with Crippen molar-refractivity contribution < 1.29 is 9.90 Å². The third-order valence-electron chi connectivity index (χ3n) is 2.70. The Labute approximate surface area is 81.3 Å². The minimum atomic E-state index is -0.257. The monoisotopic (exact) mass is 186 g/mol. The van der Waals surface area contributed by atoms with Gasteiger partial charge in [0.05, 0.1) is 6.10 Å². The molecule has 0 saturated carbocycles. The van der Waals surface area contributed by atoms with Gasteiger partial charge < -0.3 is 5.11 Å². The molecule has 0 aromatic rings. The van der Waals surface area contributed by atoms with Crippen LogP contribution in [0, 0.1) is 11.8 Å². The molecule has 0 amide bonds. The quantitative estimate of drug-likeness (QED) is 0.691. The molecule has 0 spiro atoms. The third kappa shape index (κ3) is 4.41. The fraction of sp³-hybridized carbons (Fsp3) is 0.909. The first-order valence-electron chi connectivity index (χ1n) is 5.23. The third-order valence-corrected chi connectivity index (χ3v) is 2.70. The normalized spacial score (nSPS) is 17.9. The number of ketones is 1. The van der Waals surface area contributed by atoms with E-state index in [1.54, 1.807) is 0 Å². The molecule has 0 aliphatic heterocycles. The van der Waals surface area contributed by atoms with Crippen molar-refractivity contribution >= 4 is 5.78 Å². The van der Waals surface area contributed by atoms with Crippen LogP contribution in [-0.2, 0) is 4.79 Å². The molecule has 0 rings (SSSR count). The molecule has 2 heteroatoms. The molecule has 0 radical (unpaired) electrons. The molecule has 13 heavy (non-hydrogen) atoms. The number of rotatable bonds is 6. The summed E-state index contributed by atoms with van der Waals surface area (Å²) in [6.45, 7) is 7.81. The van der Waals surface area contributed by atoms with Crippen LogP contribution in [0.2, 0.25) is 0 Å². The van der Waals surface area contributed by atoms with Gasteiger partial charge in [-0.3, -0.25) is 4.79 Å². The number of hydrogen-bond acceptors (Lipinski definition) is 2. The topological polar surface area (TPSA) is 37.3 Å². The zero-order chi connectivity index (χ0) is 10.4. The summed E-state index contributed by atoms with van der Waals surface area (Å²) in [4.78, 5) is 11.3. The van der Waals surface area contributed by atoms with E-state index in [1.165, 1.54) is 0 Å². The predicted molar refractivity (Wildman–Crippen MR) is 54.5 cm³/mol. The Morgan fingerprint density at radius 2 is 1.85 bits per heavy atom. The Kier molecular flexibility index (Phi) is 5.97. The lowest BCUT2D eigenvalue weighted by Crippen LogP contribution is -2.22. The number of carbonyl (C=O) groups is 1. The molecule has 0 heterocycles. The van der Waals surface area contributed by atoms with E-state index < -0.39 is 0 Å². The van der Waals surface area contributed by atoms with Crippen molar-refractivity contribution in [2.75, 3.05) is 0 Å². The standard InChI is InChI=1S/C11H22O2/c1-5-10(12)8(3)7-9(4)11(13)6-2/h8-10,12H,5-7H2,1-4H3/t8-,9?,10-/m0/s1. The average molecular weight is 186 g/mol. The van der Waals surface area contributed by atoms with E-state index in [4.69, 9.17) is 0 Å². The van der Waals surface area contributed by atoms with Crippen molar-refractivity contribution in [1.29, 1.82) is 0 Å². The minimum Gasteiger partial charge on any atom is -0.393 e. The molecular weight excluding hydrogens is 164 g/mol. The summed E-state index contributed by atoms with van der Waals surface area (Å²) < 4.78 is 0. The maximum Gasteiger partial charge on any atom is 0.135 e. The number of hydrogen-bond donors (Lipinski definition) is 1. The fourth-order valence-electron chi connectivity index (χ4n) is 1.60. The highest BCUT2D eigenvalue weighted by atomic mass is 16.3. The van der Waals surface area contributed by atoms with Crippen molar-refractivity contribution in [2.45, 2.75) is 53.1 Å². The number of aliphatic hydroxyl groups is 1. The highest BCUT2D eigenvalue weighted by molar-refractivity contribution is 5.80. The van der Waals surface area contributed by atoms with E-state index in [9.17, 15) is 9.90 Å². The number of Topliss-reactive ketones (excluding diaryl/α,β-unsaturated/α-hetero) is 1. The van der Waals surface area contributed by atoms with E-state index in [0.717, 1.165) is 12.8 Å². The smallest absolute Gasteiger partial charge is 0.135 e. The van der Waals surface area contributed by atoms with Gasteiger partial charge in [-0.2, -0.15) is 0 Å². The van der Waals surface area contributed by atoms with E-state index >= 15 is 0 Å². The van der Waals surface area contributed by atoms with Crippen molar-refractivity contribution in [2.24, 2.45) is 11.8 Å². The van der Waals surface area contributed by atoms with Gasteiger partial charge in [0, 0.05) is 12.3 Å². The van der Waals surface area contributed by atoms with Crippen molar-refractivity contribution in [3.05, 3.63) is 0 Å². The molecule has 0 aromatic carbocycles. The molecule has 78 valence electrons. The largest absolute Gasteiger partial charge is 0.393 e. The molecule has 3 atom stereocenters. The van der Waals surface area contributed by atoms with Gasteiger partial charge in [-0.15, -0.1) is 0 Å². The lowest BCUT2D eigenvalue weighted by Gasteiger charge is -2.20. The van der Waals surface area contributed by atoms with Gasteiger partial charge in [-0.1, -0.05) is 27.7 Å². The maximum atomic E-state index is 11.3. The number of carbonyl (C=O) groups excluding carboxylic acids is 1. The summed E-state index contributed by atoms with van der Waals surface area (Å²) in [6.07, 6.45) is 1.93. The van der Waals surface area contributed by atoms with Crippen LogP contribution in [0.1, 0.15) is 47.0 Å². The summed E-state index contributed by atoms with van der Waals surface area (Å²) >= 11 is 0. The molecule has 0 aliphatic carbocycles. The predicted octanol–water partition coefficient (Wildman–Crippen LogP) is 2.40. The van der Waals surface area contributed by atoms with Gasteiger partial charge in [0.1, 0.15) is 5.78 Å². The zero-order valence-corrected chi connectivity index (χ0v) is 9.21. The van der Waals surface area contributed by atoms with Crippen molar-refractivity contribution in [3.8, 4) is 0 Å². The second-order valence-corrected chi connectivity index (χ2v) is 3.91. The van der Waals surface area contributed by atoms with Crippen LogP contribution in [0.5, 0.6) is 0 Å². The van der Waals surface area contributed by atoms with Gasteiger partial charge in [-0.05, 0) is 18.8 Å². The lowest BCUT2D eigenvalue weighted by atomic mass is 9.89. The van der Waals surface area contributed by atoms with Gasteiger partial charge in [0.2, 0.25) is 0 Å². The second-order valence-electron chi connectivity index (χ2n) is 3.91. The molecule has 2 nitrogen and oxygen atoms in total. The first-order valence-corrected chi connectivity index (χ1v) is 5.23. The first-order chi connectivity index (χ1) is 6.02. The van der Waals surface area contributed by atoms with Crippen molar-refractivity contribution in [1.82, 2.24) is 0 Å². The first kappa shape index (κ1) is 12.6. The van der Waals surface area contributed by atoms with Gasteiger partial charge in [0.15, 0.2) is 0 Å². The Hall–Kier alpha value is -0.370. The fourth-order valence-corrected chi connectivity index (χ4v) is 1.60. The molecule has 0 aromatic heterocycles. The number of aliphatic hydroxyl groups excluding tert-OH is 1. The average Bonchev–Trinajstić information content (AvgIpc) is 2.14. The van der Waals surface area contributed by atoms with Crippen LogP contribution in [-0.4, -0.2) is 17.0 Å². The van der Waals surface area contributed by atoms with Crippen LogP contribution in [0.25, 0.3) is 0 Å². The van der Waals surface area contributed by atoms with Gasteiger partial charge >= 0.3 is 0 Å². The maximum absolute atomic E-state index is 11.3. The van der Waals surface area contributed by atoms with Crippen LogP contribution in [0.4, 0.5) is 0 Å². The minimum absolute atomic E-state index is 0.0983. The van der Waals surface area contributed by atoms with Crippen LogP contribution >= 0.6 is 0 Å². The Balaban J connectivity index is 3.90. The summed E-state index contributed by atoms with van der Waals surface area (Å²) in [7, 11) is 0. The van der Waals surface area contributed by atoms with Crippen LogP contribution in [0.3, 0.4) is 0 Å². The van der Waals surface area contributed by atoms with Crippen molar-refractivity contribution in [3.63, 3.8) is 0 Å². The van der Waals surface area contributed by atoms with E-state index in [1.807, 2.05) is 27.7 Å². The molecule has 0 bridgehead atoms. The Bertz CT molecular complexity index is 154. The summed E-state index contributed by atoms with van der Waals surface area (Å²) in [6, 6.07) is 0. The highest BCUT2D eigenvalue weighted by Gasteiger charge is 2.18. The second kappa shape index (κ2) is 6.14. The summed E-state index contributed by atoms with van der Waals surface area (Å²) in [5.41, 5.74) is 0. The Morgan fingerprint density at radius 1 is 1.31 bits per heavy atom. The lowest BCUT2D eigenvalue weighted by molar-refractivity contribution is -0.122. The van der Waals surface area contributed by atoms with Crippen LogP contribution in [0.15, 0.2) is 0 Å². The molecule has 0 aliphatic rings.